The molecule has 0 aliphatic carbocycles. The highest BCUT2D eigenvalue weighted by molar-refractivity contribution is 6.01. The molecule has 2 aromatic rings. The van der Waals surface area contributed by atoms with Crippen molar-refractivity contribution in [2.24, 2.45) is 0 Å². The first-order valence-electron chi connectivity index (χ1n) is 7.22. The Hall–Kier alpha value is -2.62. The van der Waals surface area contributed by atoms with E-state index in [1.807, 2.05) is 50.2 Å². The third-order valence-corrected chi connectivity index (χ3v) is 3.53. The molecule has 4 nitrogen and oxygen atoms in total. The average molecular weight is 296 g/mol. The van der Waals surface area contributed by atoms with E-state index < -0.39 is 6.04 Å². The lowest BCUT2D eigenvalue weighted by atomic mass is 10.1. The van der Waals surface area contributed by atoms with Gasteiger partial charge in [-0.3, -0.25) is 9.59 Å². The van der Waals surface area contributed by atoms with Crippen molar-refractivity contribution in [2.75, 3.05) is 5.32 Å². The van der Waals surface area contributed by atoms with Gasteiger partial charge in [0, 0.05) is 11.3 Å². The van der Waals surface area contributed by atoms with E-state index in [9.17, 15) is 9.59 Å². The lowest BCUT2D eigenvalue weighted by Crippen LogP contribution is -2.41. The number of hydrogen-bond acceptors (Lipinski definition) is 2. The van der Waals surface area contributed by atoms with Gasteiger partial charge in [0.25, 0.3) is 5.91 Å². The van der Waals surface area contributed by atoms with Crippen molar-refractivity contribution in [2.45, 2.75) is 26.8 Å². The summed E-state index contributed by atoms with van der Waals surface area (Å²) in [7, 11) is 0. The minimum absolute atomic E-state index is 0.240. The Balaban J connectivity index is 2.01. The van der Waals surface area contributed by atoms with Crippen LogP contribution in [0.5, 0.6) is 0 Å². The lowest BCUT2D eigenvalue weighted by Gasteiger charge is -2.16. The van der Waals surface area contributed by atoms with E-state index in [4.69, 9.17) is 0 Å². The highest BCUT2D eigenvalue weighted by atomic mass is 16.2. The summed E-state index contributed by atoms with van der Waals surface area (Å²) in [6, 6.07) is 14.2. The molecule has 0 heterocycles. The van der Waals surface area contributed by atoms with Crippen LogP contribution in [0.25, 0.3) is 0 Å². The van der Waals surface area contributed by atoms with Gasteiger partial charge in [-0.15, -0.1) is 0 Å². The summed E-state index contributed by atoms with van der Waals surface area (Å²) >= 11 is 0. The van der Waals surface area contributed by atoms with Gasteiger partial charge < -0.3 is 10.6 Å². The number of amides is 2. The van der Waals surface area contributed by atoms with Crippen LogP contribution in [0.3, 0.4) is 0 Å². The maximum atomic E-state index is 12.2. The molecular weight excluding hydrogens is 276 g/mol. The summed E-state index contributed by atoms with van der Waals surface area (Å²) in [6.07, 6.45) is 0. The van der Waals surface area contributed by atoms with Gasteiger partial charge in [-0.25, -0.2) is 0 Å². The zero-order valence-electron chi connectivity index (χ0n) is 13.0. The summed E-state index contributed by atoms with van der Waals surface area (Å²) < 4.78 is 0. The van der Waals surface area contributed by atoms with Gasteiger partial charge in [0.2, 0.25) is 5.91 Å². The summed E-state index contributed by atoms with van der Waals surface area (Å²) in [5.74, 6) is -0.484. The molecule has 22 heavy (non-hydrogen) atoms. The molecule has 0 radical (unpaired) electrons. The van der Waals surface area contributed by atoms with E-state index in [1.165, 1.54) is 0 Å². The predicted molar refractivity (Wildman–Crippen MR) is 87.9 cm³/mol. The second kappa shape index (κ2) is 6.89. The number of anilines is 1. The van der Waals surface area contributed by atoms with Crippen molar-refractivity contribution in [3.63, 3.8) is 0 Å². The second-order valence-corrected chi connectivity index (χ2v) is 5.31. The molecule has 0 aliphatic heterocycles. The smallest absolute Gasteiger partial charge is 0.252 e. The van der Waals surface area contributed by atoms with Crippen molar-refractivity contribution in [1.82, 2.24) is 5.32 Å². The molecule has 0 aromatic heterocycles. The largest absolute Gasteiger partial charge is 0.341 e. The summed E-state index contributed by atoms with van der Waals surface area (Å²) in [5, 5.41) is 5.55. The van der Waals surface area contributed by atoms with E-state index >= 15 is 0 Å². The fourth-order valence-electron chi connectivity index (χ4n) is 2.12. The van der Waals surface area contributed by atoms with Crippen LogP contribution in [0.15, 0.2) is 48.5 Å². The van der Waals surface area contributed by atoms with Crippen molar-refractivity contribution in [1.29, 1.82) is 0 Å². The molecule has 0 saturated heterocycles. The Morgan fingerprint density at radius 3 is 2.14 bits per heavy atom. The van der Waals surface area contributed by atoms with E-state index in [-0.39, 0.29) is 11.8 Å². The molecule has 114 valence electrons. The van der Waals surface area contributed by atoms with Gasteiger partial charge >= 0.3 is 0 Å². The molecule has 1 atom stereocenters. The number of para-hydroxylation sites is 1. The van der Waals surface area contributed by atoms with Gasteiger partial charge in [-0.1, -0.05) is 36.4 Å². The van der Waals surface area contributed by atoms with E-state index in [0.29, 0.717) is 5.56 Å². The lowest BCUT2D eigenvalue weighted by molar-refractivity contribution is -0.117. The average Bonchev–Trinajstić information content (AvgIpc) is 2.49. The second-order valence-electron chi connectivity index (χ2n) is 5.31. The highest BCUT2D eigenvalue weighted by Gasteiger charge is 2.18. The number of benzene rings is 2. The minimum Gasteiger partial charge on any atom is -0.341 e. The topological polar surface area (TPSA) is 58.2 Å². The number of carbonyl (C=O) groups is 2. The van der Waals surface area contributed by atoms with Crippen molar-refractivity contribution in [3.8, 4) is 0 Å². The number of aryl methyl sites for hydroxylation is 2. The SMILES string of the molecule is Cc1ccccc1NC(=O)[C@@H](C)NC(=O)c1ccccc1C. The molecule has 2 amide bonds. The zero-order valence-corrected chi connectivity index (χ0v) is 13.0. The Morgan fingerprint density at radius 2 is 1.50 bits per heavy atom. The molecule has 2 N–H and O–H groups in total. The zero-order chi connectivity index (χ0) is 16.1. The fraction of sp³-hybridized carbons (Fsp3) is 0.222. The van der Waals surface area contributed by atoms with Crippen LogP contribution in [-0.2, 0) is 4.79 Å². The number of hydrogen-bond donors (Lipinski definition) is 2. The van der Waals surface area contributed by atoms with Crippen molar-refractivity contribution >= 4 is 17.5 Å². The predicted octanol–water partition coefficient (Wildman–Crippen LogP) is 3.06. The number of carbonyl (C=O) groups excluding carboxylic acids is 2. The molecule has 0 bridgehead atoms. The standard InChI is InChI=1S/C18H20N2O2/c1-12-8-4-6-10-15(12)18(22)19-14(3)17(21)20-16-11-7-5-9-13(16)2/h4-11,14H,1-3H3,(H,19,22)(H,20,21)/t14-/m1/s1. The first-order valence-corrected chi connectivity index (χ1v) is 7.22. The van der Waals surface area contributed by atoms with Gasteiger partial charge in [0.05, 0.1) is 0 Å². The minimum atomic E-state index is -0.619. The molecule has 0 unspecified atom stereocenters. The van der Waals surface area contributed by atoms with E-state index in [1.54, 1.807) is 19.1 Å². The molecule has 2 rings (SSSR count). The van der Waals surface area contributed by atoms with Gasteiger partial charge in [-0.2, -0.15) is 0 Å². The van der Waals surface area contributed by atoms with Crippen LogP contribution >= 0.6 is 0 Å². The van der Waals surface area contributed by atoms with Crippen molar-refractivity contribution < 1.29 is 9.59 Å². The quantitative estimate of drug-likeness (QED) is 0.911. The monoisotopic (exact) mass is 296 g/mol. The van der Waals surface area contributed by atoms with Crippen LogP contribution in [0.2, 0.25) is 0 Å². The van der Waals surface area contributed by atoms with Crippen LogP contribution < -0.4 is 10.6 Å². The van der Waals surface area contributed by atoms with E-state index in [2.05, 4.69) is 10.6 Å². The van der Waals surface area contributed by atoms with Crippen molar-refractivity contribution in [3.05, 3.63) is 65.2 Å². The molecule has 0 aliphatic rings. The van der Waals surface area contributed by atoms with Gasteiger partial charge in [0.15, 0.2) is 0 Å². The fourth-order valence-corrected chi connectivity index (χ4v) is 2.12. The molecular formula is C18H20N2O2. The first kappa shape index (κ1) is 15.8. The Bertz CT molecular complexity index is 695. The van der Waals surface area contributed by atoms with Crippen LogP contribution in [0.1, 0.15) is 28.4 Å². The molecule has 0 saturated carbocycles. The maximum absolute atomic E-state index is 12.2. The number of rotatable bonds is 4. The third kappa shape index (κ3) is 3.73. The Labute approximate surface area is 130 Å². The Morgan fingerprint density at radius 1 is 0.909 bits per heavy atom. The number of nitrogens with one attached hydrogen (secondary N) is 2. The molecule has 0 spiro atoms. The summed E-state index contributed by atoms with van der Waals surface area (Å²) in [6.45, 7) is 5.46. The van der Waals surface area contributed by atoms with Crippen LogP contribution in [-0.4, -0.2) is 17.9 Å². The molecule has 2 aromatic carbocycles. The summed E-state index contributed by atoms with van der Waals surface area (Å²) in [4.78, 5) is 24.4. The van der Waals surface area contributed by atoms with Crippen LogP contribution in [0.4, 0.5) is 5.69 Å². The Kier molecular flexibility index (Phi) is 4.94. The highest BCUT2D eigenvalue weighted by Crippen LogP contribution is 2.13. The molecule has 4 heteroatoms. The maximum Gasteiger partial charge on any atom is 0.252 e. The van der Waals surface area contributed by atoms with Crippen LogP contribution in [0, 0.1) is 13.8 Å². The van der Waals surface area contributed by atoms with Gasteiger partial charge in [-0.05, 0) is 44.0 Å². The van der Waals surface area contributed by atoms with Gasteiger partial charge in [0.1, 0.15) is 6.04 Å². The normalized spacial score (nSPS) is 11.6. The first-order chi connectivity index (χ1) is 10.5. The summed E-state index contributed by atoms with van der Waals surface area (Å²) in [5.41, 5.74) is 3.20. The van der Waals surface area contributed by atoms with E-state index in [0.717, 1.165) is 16.8 Å². The molecule has 0 fully saturated rings. The third-order valence-electron chi connectivity index (χ3n) is 3.53.